The number of hydrogen-bond acceptors (Lipinski definition) is 1. The van der Waals surface area contributed by atoms with Crippen molar-refractivity contribution in [1.82, 2.24) is 0 Å². The first-order valence-electron chi connectivity index (χ1n) is 4.46. The number of rotatable bonds is 5. The molecule has 2 heteroatoms. The standard InChI is InChI=1S/C9H22OS/c1-9(2)7-5-6-8-11(3,4)10/h9,11H,5-8H2,1-4H3. The van der Waals surface area contributed by atoms with E-state index in [4.69, 9.17) is 0 Å². The summed E-state index contributed by atoms with van der Waals surface area (Å²) in [6, 6.07) is 0. The zero-order valence-electron chi connectivity index (χ0n) is 8.26. The van der Waals surface area contributed by atoms with Crippen molar-refractivity contribution in [2.75, 3.05) is 18.3 Å². The average molecular weight is 178 g/mol. The topological polar surface area (TPSA) is 17.1 Å². The van der Waals surface area contributed by atoms with E-state index >= 15 is 0 Å². The molecule has 0 fully saturated rings. The summed E-state index contributed by atoms with van der Waals surface area (Å²) in [4.78, 5) is 0. The van der Waals surface area contributed by atoms with Crippen molar-refractivity contribution >= 4 is 9.93 Å². The Kier molecular flexibility index (Phi) is 4.98. The molecule has 0 amide bonds. The summed E-state index contributed by atoms with van der Waals surface area (Å²) in [5, 5.41) is 0. The molecule has 0 aliphatic rings. The van der Waals surface area contributed by atoms with Gasteiger partial charge in [-0.2, -0.15) is 0 Å². The van der Waals surface area contributed by atoms with Gasteiger partial charge in [-0.3, -0.25) is 4.21 Å². The van der Waals surface area contributed by atoms with E-state index in [2.05, 4.69) is 13.8 Å². The highest BCUT2D eigenvalue weighted by molar-refractivity contribution is 8.01. The van der Waals surface area contributed by atoms with Gasteiger partial charge in [-0.15, -0.1) is 9.93 Å². The smallest absolute Gasteiger partial charge is 0.000767 e. The summed E-state index contributed by atoms with van der Waals surface area (Å²) in [5.74, 6) is 1.72. The minimum absolute atomic E-state index is 0.795. The molecule has 0 rings (SSSR count). The Morgan fingerprint density at radius 1 is 1.18 bits per heavy atom. The third kappa shape index (κ3) is 10.2. The number of hydrogen-bond donors (Lipinski definition) is 1. The fraction of sp³-hybridized carbons (Fsp3) is 1.00. The lowest BCUT2D eigenvalue weighted by Gasteiger charge is -2.11. The van der Waals surface area contributed by atoms with Crippen LogP contribution in [0.5, 0.6) is 0 Å². The van der Waals surface area contributed by atoms with Gasteiger partial charge in [0.2, 0.25) is 0 Å². The van der Waals surface area contributed by atoms with Crippen molar-refractivity contribution in [2.24, 2.45) is 5.92 Å². The molecule has 11 heavy (non-hydrogen) atoms. The van der Waals surface area contributed by atoms with Crippen LogP contribution in [0.25, 0.3) is 0 Å². The van der Waals surface area contributed by atoms with Crippen LogP contribution in [0.4, 0.5) is 0 Å². The third-order valence-electron chi connectivity index (χ3n) is 1.73. The monoisotopic (exact) mass is 178 g/mol. The van der Waals surface area contributed by atoms with Gasteiger partial charge in [-0.1, -0.05) is 26.7 Å². The van der Waals surface area contributed by atoms with Crippen LogP contribution in [0.2, 0.25) is 0 Å². The van der Waals surface area contributed by atoms with E-state index in [9.17, 15) is 4.21 Å². The molecule has 0 aromatic carbocycles. The lowest BCUT2D eigenvalue weighted by atomic mass is 10.1. The van der Waals surface area contributed by atoms with E-state index in [0.29, 0.717) is 0 Å². The molecule has 0 N–H and O–H groups in total. The van der Waals surface area contributed by atoms with Gasteiger partial charge in [0.1, 0.15) is 0 Å². The van der Waals surface area contributed by atoms with Crippen molar-refractivity contribution in [3.8, 4) is 0 Å². The second kappa shape index (κ2) is 4.91. The second-order valence-corrected chi connectivity index (χ2v) is 7.78. The van der Waals surface area contributed by atoms with Crippen molar-refractivity contribution in [1.29, 1.82) is 0 Å². The molecule has 0 unspecified atom stereocenters. The molecular formula is C9H22OS. The lowest BCUT2D eigenvalue weighted by molar-refractivity contribution is 0.549. The van der Waals surface area contributed by atoms with E-state index in [1.165, 1.54) is 12.8 Å². The minimum Gasteiger partial charge on any atom is -0.285 e. The van der Waals surface area contributed by atoms with Crippen molar-refractivity contribution < 1.29 is 4.21 Å². The summed E-state index contributed by atoms with van der Waals surface area (Å²) < 4.78 is 11.3. The molecule has 0 heterocycles. The van der Waals surface area contributed by atoms with Gasteiger partial charge in [-0.05, 0) is 24.9 Å². The summed E-state index contributed by atoms with van der Waals surface area (Å²) >= 11 is 0. The molecule has 1 nitrogen and oxygen atoms in total. The van der Waals surface area contributed by atoms with E-state index in [1.54, 1.807) is 0 Å². The van der Waals surface area contributed by atoms with Crippen LogP contribution in [-0.4, -0.2) is 22.5 Å². The summed E-state index contributed by atoms with van der Waals surface area (Å²) in [6.45, 7) is 4.47. The highest BCUT2D eigenvalue weighted by Gasteiger charge is 2.00. The number of thiol groups is 1. The molecule has 0 aromatic rings. The van der Waals surface area contributed by atoms with Crippen LogP contribution in [0, 0.1) is 5.92 Å². The quantitative estimate of drug-likeness (QED) is 0.504. The van der Waals surface area contributed by atoms with Crippen LogP contribution in [0.3, 0.4) is 0 Å². The van der Waals surface area contributed by atoms with E-state index in [0.717, 1.165) is 18.1 Å². The SMILES string of the molecule is CC(C)CCCC[SH](C)(C)=O. The molecule has 0 atom stereocenters. The third-order valence-corrected chi connectivity index (χ3v) is 3.12. The Hall–Kier alpha value is 0.150. The van der Waals surface area contributed by atoms with Gasteiger partial charge in [0.25, 0.3) is 0 Å². The molecule has 0 bridgehead atoms. The van der Waals surface area contributed by atoms with Gasteiger partial charge < -0.3 is 0 Å². The Morgan fingerprint density at radius 2 is 1.73 bits per heavy atom. The largest absolute Gasteiger partial charge is 0.285 e. The summed E-state index contributed by atoms with van der Waals surface area (Å²) in [5.41, 5.74) is 0. The Labute approximate surface area is 72.0 Å². The molecule has 0 saturated heterocycles. The van der Waals surface area contributed by atoms with Crippen molar-refractivity contribution in [3.63, 3.8) is 0 Å². The molecule has 0 aliphatic heterocycles. The highest BCUT2D eigenvalue weighted by atomic mass is 32.2. The first-order valence-corrected chi connectivity index (χ1v) is 7.24. The van der Waals surface area contributed by atoms with Gasteiger partial charge in [-0.25, -0.2) is 0 Å². The summed E-state index contributed by atoms with van der Waals surface area (Å²) in [6.07, 6.45) is 7.41. The predicted molar refractivity (Wildman–Crippen MR) is 54.9 cm³/mol. The Bertz CT molecular complexity index is 134. The van der Waals surface area contributed by atoms with Crippen LogP contribution in [0.15, 0.2) is 0 Å². The van der Waals surface area contributed by atoms with Crippen LogP contribution in [-0.2, 0) is 9.93 Å². The lowest BCUT2D eigenvalue weighted by Crippen LogP contribution is -2.11. The van der Waals surface area contributed by atoms with Gasteiger partial charge in [0, 0.05) is 5.75 Å². The predicted octanol–water partition coefficient (Wildman–Crippen LogP) is 2.09. The maximum absolute atomic E-state index is 11.3. The second-order valence-electron chi connectivity index (χ2n) is 4.19. The minimum atomic E-state index is -1.73. The average Bonchev–Trinajstić information content (AvgIpc) is 1.78. The highest BCUT2D eigenvalue weighted by Crippen LogP contribution is 2.08. The Balaban J connectivity index is 3.22. The first-order chi connectivity index (χ1) is 4.92. The fourth-order valence-electron chi connectivity index (χ4n) is 1.05. The van der Waals surface area contributed by atoms with Gasteiger partial charge in [0.15, 0.2) is 0 Å². The fourth-order valence-corrected chi connectivity index (χ4v) is 2.03. The van der Waals surface area contributed by atoms with Crippen LogP contribution < -0.4 is 0 Å². The van der Waals surface area contributed by atoms with Crippen LogP contribution in [0.1, 0.15) is 33.1 Å². The van der Waals surface area contributed by atoms with Gasteiger partial charge in [0.05, 0.1) is 0 Å². The molecule has 0 spiro atoms. The molecule has 0 aliphatic carbocycles. The Morgan fingerprint density at radius 3 is 2.09 bits per heavy atom. The van der Waals surface area contributed by atoms with E-state index in [1.807, 2.05) is 12.5 Å². The van der Waals surface area contributed by atoms with Crippen LogP contribution >= 0.6 is 0 Å². The maximum atomic E-state index is 11.3. The van der Waals surface area contributed by atoms with Crippen molar-refractivity contribution in [3.05, 3.63) is 0 Å². The maximum Gasteiger partial charge on any atom is 0.000767 e. The normalized spacial score (nSPS) is 13.9. The van der Waals surface area contributed by atoms with E-state index in [-0.39, 0.29) is 0 Å². The molecule has 70 valence electrons. The first kappa shape index (κ1) is 11.2. The summed E-state index contributed by atoms with van der Waals surface area (Å²) in [7, 11) is -1.73. The molecule has 0 saturated carbocycles. The zero-order valence-corrected chi connectivity index (χ0v) is 9.16. The molecule has 0 radical (unpaired) electrons. The zero-order chi connectivity index (χ0) is 8.91. The molecule has 0 aromatic heterocycles. The van der Waals surface area contributed by atoms with Crippen molar-refractivity contribution in [2.45, 2.75) is 33.1 Å². The van der Waals surface area contributed by atoms with E-state index < -0.39 is 9.93 Å². The molecular weight excluding hydrogens is 156 g/mol. The van der Waals surface area contributed by atoms with Gasteiger partial charge >= 0.3 is 0 Å². The number of unbranched alkanes of at least 4 members (excludes halogenated alkanes) is 1.